The van der Waals surface area contributed by atoms with Gasteiger partial charge < -0.3 is 20.5 Å². The van der Waals surface area contributed by atoms with Gasteiger partial charge in [0.15, 0.2) is 23.1 Å². The van der Waals surface area contributed by atoms with Crippen molar-refractivity contribution in [3.63, 3.8) is 0 Å². The van der Waals surface area contributed by atoms with E-state index in [0.29, 0.717) is 24.5 Å². The topological polar surface area (TPSA) is 145 Å². The summed E-state index contributed by atoms with van der Waals surface area (Å²) in [7, 11) is -1.77. The Kier molecular flexibility index (Phi) is 7.78. The molecule has 2 aromatic rings. The minimum Gasteiger partial charge on any atom is -0.493 e. The zero-order chi connectivity index (χ0) is 25.8. The smallest absolute Gasteiger partial charge is 0.296 e. The third-order valence-corrected chi connectivity index (χ3v) is 6.38. The summed E-state index contributed by atoms with van der Waals surface area (Å²) in [4.78, 5) is 25.2. The number of carbonyl (C=O) groups excluding carboxylic acids is 2. The number of hydrogen-bond acceptors (Lipinski definition) is 8. The summed E-state index contributed by atoms with van der Waals surface area (Å²) >= 11 is 0. The second-order valence-electron chi connectivity index (χ2n) is 7.74. The maximum atomic E-state index is 13.1. The molecule has 0 aromatic heterocycles. The molecule has 4 N–H and O–H groups in total. The Labute approximate surface area is 203 Å². The van der Waals surface area contributed by atoms with E-state index in [2.05, 4.69) is 11.9 Å². The predicted molar refractivity (Wildman–Crippen MR) is 131 cm³/mol. The molecule has 0 heterocycles. The van der Waals surface area contributed by atoms with Crippen molar-refractivity contribution in [3.05, 3.63) is 93.7 Å². The first kappa shape index (κ1) is 25.7. The van der Waals surface area contributed by atoms with Gasteiger partial charge in [0.25, 0.3) is 10.1 Å². The molecule has 1 aliphatic rings. The average molecular weight is 499 g/mol. The summed E-state index contributed by atoms with van der Waals surface area (Å²) in [6, 6.07) is 11.6. The number of ether oxygens (including phenoxy) is 2. The maximum Gasteiger partial charge on any atom is 0.296 e. The van der Waals surface area contributed by atoms with Crippen molar-refractivity contribution in [2.45, 2.75) is 12.8 Å². The zero-order valence-corrected chi connectivity index (χ0v) is 20.1. The minimum atomic E-state index is -4.84. The highest BCUT2D eigenvalue weighted by molar-refractivity contribution is 7.90. The van der Waals surface area contributed by atoms with Gasteiger partial charge in [0.2, 0.25) is 0 Å². The standard InChI is InChI=1S/C25H26N2O7S/c1-15-24(26)23(35(30,31)32)14-17(13-20(28)18-6-4-5-7-19(18)25(15)29)27-11-10-16-8-9-21(33-2)22(12-16)34-3/h4-9,12,14,27H,1,10-11,13,26H2,2-3H3,(H,30,31,32)/b17-14+,24-23?. The van der Waals surface area contributed by atoms with E-state index in [-0.39, 0.29) is 28.8 Å². The van der Waals surface area contributed by atoms with Gasteiger partial charge in [-0.3, -0.25) is 14.1 Å². The molecule has 184 valence electrons. The number of hydrogen-bond donors (Lipinski definition) is 3. The average Bonchev–Trinajstić information content (AvgIpc) is 2.84. The van der Waals surface area contributed by atoms with E-state index in [1.165, 1.54) is 26.4 Å². The first-order chi connectivity index (χ1) is 16.6. The molecule has 3 rings (SSSR count). The summed E-state index contributed by atoms with van der Waals surface area (Å²) in [5, 5.41) is 3.05. The van der Waals surface area contributed by atoms with Crippen LogP contribution < -0.4 is 20.5 Å². The van der Waals surface area contributed by atoms with Crippen molar-refractivity contribution in [1.29, 1.82) is 0 Å². The fourth-order valence-electron chi connectivity index (χ4n) is 3.64. The molecule has 0 saturated heterocycles. The van der Waals surface area contributed by atoms with E-state index in [9.17, 15) is 22.6 Å². The largest absolute Gasteiger partial charge is 0.493 e. The highest BCUT2D eigenvalue weighted by atomic mass is 32.2. The summed E-state index contributed by atoms with van der Waals surface area (Å²) < 4.78 is 44.5. The van der Waals surface area contributed by atoms with E-state index >= 15 is 0 Å². The third kappa shape index (κ3) is 5.79. The van der Waals surface area contributed by atoms with E-state index in [0.717, 1.165) is 11.6 Å². The van der Waals surface area contributed by atoms with Crippen molar-refractivity contribution in [2.24, 2.45) is 5.73 Å². The molecule has 0 fully saturated rings. The lowest BCUT2D eigenvalue weighted by molar-refractivity contribution is 0.0973. The lowest BCUT2D eigenvalue weighted by atomic mass is 9.92. The highest BCUT2D eigenvalue weighted by Gasteiger charge is 2.27. The molecule has 2 aromatic carbocycles. The van der Waals surface area contributed by atoms with E-state index in [4.69, 9.17) is 15.2 Å². The molecule has 0 radical (unpaired) electrons. The van der Waals surface area contributed by atoms with Crippen LogP contribution in [0.3, 0.4) is 0 Å². The molecule has 0 saturated carbocycles. The number of ketones is 2. The fraction of sp³-hybridized carbons (Fsp3) is 0.200. The molecular weight excluding hydrogens is 472 g/mol. The normalized spacial score (nSPS) is 16.3. The van der Waals surface area contributed by atoms with Crippen LogP contribution in [-0.2, 0) is 16.5 Å². The quantitative estimate of drug-likeness (QED) is 0.387. The zero-order valence-electron chi connectivity index (χ0n) is 19.3. The fourth-order valence-corrected chi connectivity index (χ4v) is 4.34. The van der Waals surface area contributed by atoms with Gasteiger partial charge in [-0.25, -0.2) is 0 Å². The monoisotopic (exact) mass is 498 g/mol. The number of nitrogens with two attached hydrogens (primary N) is 1. The van der Waals surface area contributed by atoms with Gasteiger partial charge in [-0.2, -0.15) is 8.42 Å². The predicted octanol–water partition coefficient (Wildman–Crippen LogP) is 2.80. The number of allylic oxidation sites excluding steroid dienone is 3. The van der Waals surface area contributed by atoms with Crippen LogP contribution in [-0.4, -0.2) is 45.3 Å². The van der Waals surface area contributed by atoms with E-state index in [1.54, 1.807) is 24.3 Å². The molecule has 9 nitrogen and oxygen atoms in total. The Morgan fingerprint density at radius 3 is 2.34 bits per heavy atom. The number of benzene rings is 2. The summed E-state index contributed by atoms with van der Waals surface area (Å²) in [5.41, 5.74) is 6.42. The third-order valence-electron chi connectivity index (χ3n) is 5.48. The minimum absolute atomic E-state index is 0.0479. The number of methoxy groups -OCH3 is 2. The Hall–Kier alpha value is -3.89. The van der Waals surface area contributed by atoms with Crippen LogP contribution in [0.25, 0.3) is 0 Å². The molecule has 1 aliphatic carbocycles. The summed E-state index contributed by atoms with van der Waals surface area (Å²) in [6.45, 7) is 3.92. The molecule has 0 atom stereocenters. The summed E-state index contributed by atoms with van der Waals surface area (Å²) in [6.07, 6.45) is 1.30. The Morgan fingerprint density at radius 1 is 1.06 bits per heavy atom. The second-order valence-corrected chi connectivity index (χ2v) is 9.13. The van der Waals surface area contributed by atoms with Crippen LogP contribution in [0, 0.1) is 0 Å². The highest BCUT2D eigenvalue weighted by Crippen LogP contribution is 2.28. The van der Waals surface area contributed by atoms with Crippen molar-refractivity contribution in [3.8, 4) is 11.5 Å². The SMILES string of the molecule is C=C1C(=O)c2ccccc2C(=O)C/C(NCCc2ccc(OC)c(OC)c2)=C\C(S(=O)(=O)O)=C1N. The van der Waals surface area contributed by atoms with Crippen molar-refractivity contribution in [2.75, 3.05) is 20.8 Å². The lowest BCUT2D eigenvalue weighted by Crippen LogP contribution is -2.24. The molecular formula is C25H26N2O7S. The number of Topliss-reactive ketones (excluding diaryl/α,β-unsaturated/α-hetero) is 2. The first-order valence-electron chi connectivity index (χ1n) is 10.6. The first-order valence-corrected chi connectivity index (χ1v) is 12.0. The van der Waals surface area contributed by atoms with Crippen molar-refractivity contribution in [1.82, 2.24) is 5.32 Å². The van der Waals surface area contributed by atoms with Crippen LogP contribution in [0.15, 0.2) is 77.0 Å². The Morgan fingerprint density at radius 2 is 1.71 bits per heavy atom. The number of fused-ring (bicyclic) bond motifs is 1. The van der Waals surface area contributed by atoms with Crippen LogP contribution in [0.1, 0.15) is 32.7 Å². The molecule has 35 heavy (non-hydrogen) atoms. The molecule has 0 spiro atoms. The van der Waals surface area contributed by atoms with Crippen molar-refractivity contribution >= 4 is 21.7 Å². The van der Waals surface area contributed by atoms with Gasteiger partial charge in [-0.05, 0) is 30.2 Å². The molecule has 0 aliphatic heterocycles. The molecule has 0 unspecified atom stereocenters. The van der Waals surface area contributed by atoms with Crippen LogP contribution in [0.5, 0.6) is 11.5 Å². The van der Waals surface area contributed by atoms with Crippen LogP contribution in [0.4, 0.5) is 0 Å². The number of carbonyl (C=O) groups is 2. The van der Waals surface area contributed by atoms with E-state index in [1.807, 2.05) is 6.07 Å². The van der Waals surface area contributed by atoms with Gasteiger partial charge in [-0.1, -0.05) is 36.9 Å². The van der Waals surface area contributed by atoms with Gasteiger partial charge in [0, 0.05) is 28.9 Å². The van der Waals surface area contributed by atoms with E-state index < -0.39 is 32.3 Å². The Balaban J connectivity index is 1.98. The van der Waals surface area contributed by atoms with Gasteiger partial charge in [-0.15, -0.1) is 0 Å². The maximum absolute atomic E-state index is 13.1. The van der Waals surface area contributed by atoms with Gasteiger partial charge in [0.05, 0.1) is 26.3 Å². The van der Waals surface area contributed by atoms with Gasteiger partial charge in [0.1, 0.15) is 4.91 Å². The molecule has 0 bridgehead atoms. The summed E-state index contributed by atoms with van der Waals surface area (Å²) in [5.74, 6) is 0.0200. The lowest BCUT2D eigenvalue weighted by Gasteiger charge is -2.17. The molecule has 0 amide bonds. The van der Waals surface area contributed by atoms with Crippen LogP contribution >= 0.6 is 0 Å². The van der Waals surface area contributed by atoms with Crippen molar-refractivity contribution < 1.29 is 32.0 Å². The molecule has 10 heteroatoms. The Bertz CT molecular complexity index is 1360. The van der Waals surface area contributed by atoms with Gasteiger partial charge >= 0.3 is 0 Å². The van der Waals surface area contributed by atoms with Crippen LogP contribution in [0.2, 0.25) is 0 Å². The number of nitrogens with one attached hydrogen (secondary N) is 1. The number of rotatable bonds is 7. The second kappa shape index (κ2) is 10.6.